The first-order chi connectivity index (χ1) is 23.8. The van der Waals surface area contributed by atoms with Crippen molar-refractivity contribution in [3.8, 4) is 33.8 Å². The zero-order valence-electron chi connectivity index (χ0n) is 28.1. The van der Waals surface area contributed by atoms with Crippen molar-refractivity contribution in [1.82, 2.24) is 14.9 Å². The molecule has 0 saturated carbocycles. The van der Waals surface area contributed by atoms with E-state index in [0.29, 0.717) is 0 Å². The Morgan fingerprint density at radius 1 is 0.837 bits per heavy atom. The van der Waals surface area contributed by atoms with Crippen LogP contribution >= 0.6 is 0 Å². The topological polar surface area (TPSA) is 53.3 Å². The molecular formula is C44H40N4O. The third-order valence-corrected chi connectivity index (χ3v) is 9.58. The number of aromatic hydroxyl groups is 1. The van der Waals surface area contributed by atoms with Gasteiger partial charge in [-0.05, 0) is 120 Å². The summed E-state index contributed by atoms with van der Waals surface area (Å²) in [5.74, 6) is 1.10. The van der Waals surface area contributed by atoms with E-state index >= 15 is 0 Å². The van der Waals surface area contributed by atoms with Gasteiger partial charge in [0.15, 0.2) is 0 Å². The van der Waals surface area contributed by atoms with Crippen LogP contribution < -0.4 is 10.2 Å². The zero-order valence-corrected chi connectivity index (χ0v) is 28.1. The maximum atomic E-state index is 10.8. The lowest BCUT2D eigenvalue weighted by Crippen LogP contribution is -2.40. The Labute approximate surface area is 288 Å². The lowest BCUT2D eigenvalue weighted by molar-refractivity contribution is 0.477. The molecule has 0 radical (unpaired) electrons. The Morgan fingerprint density at radius 3 is 2.43 bits per heavy atom. The first kappa shape index (κ1) is 30.5. The number of dihydropyridines is 1. The van der Waals surface area contributed by atoms with Crippen LogP contribution in [0.1, 0.15) is 44.0 Å². The van der Waals surface area contributed by atoms with Crippen LogP contribution in [-0.2, 0) is 11.8 Å². The number of benzene rings is 4. The molecule has 0 fully saturated rings. The Kier molecular flexibility index (Phi) is 7.68. The van der Waals surface area contributed by atoms with Gasteiger partial charge in [0.25, 0.3) is 0 Å². The van der Waals surface area contributed by atoms with Crippen molar-refractivity contribution in [1.29, 1.82) is 0 Å². The molecule has 1 aliphatic carbocycles. The van der Waals surface area contributed by atoms with Crippen LogP contribution in [0, 0.1) is 0 Å². The molecule has 3 heterocycles. The molecule has 0 bridgehead atoms. The average Bonchev–Trinajstić information content (AvgIpc) is 3.47. The van der Waals surface area contributed by atoms with Crippen LogP contribution in [0.4, 0.5) is 11.5 Å². The first-order valence-corrected chi connectivity index (χ1v) is 17.0. The number of para-hydroxylation sites is 2. The predicted molar refractivity (Wildman–Crippen MR) is 203 cm³/mol. The second kappa shape index (κ2) is 12.3. The molecule has 2 aliphatic rings. The largest absolute Gasteiger partial charge is 0.507 e. The van der Waals surface area contributed by atoms with Crippen LogP contribution in [0.3, 0.4) is 0 Å². The summed E-state index contributed by atoms with van der Waals surface area (Å²) < 4.78 is 2.39. The van der Waals surface area contributed by atoms with Gasteiger partial charge in [-0.2, -0.15) is 0 Å². The van der Waals surface area contributed by atoms with Gasteiger partial charge in [0, 0.05) is 33.6 Å². The van der Waals surface area contributed by atoms with Gasteiger partial charge in [-0.15, -0.1) is 0 Å². The molecule has 1 unspecified atom stereocenters. The van der Waals surface area contributed by atoms with Gasteiger partial charge >= 0.3 is 0 Å². The van der Waals surface area contributed by atoms with Gasteiger partial charge in [-0.25, -0.2) is 4.98 Å². The molecular weight excluding hydrogens is 601 g/mol. The van der Waals surface area contributed by atoms with Gasteiger partial charge < -0.3 is 19.9 Å². The quantitative estimate of drug-likeness (QED) is 0.190. The molecule has 1 atom stereocenters. The number of anilines is 2. The van der Waals surface area contributed by atoms with Crippen molar-refractivity contribution in [3.63, 3.8) is 0 Å². The molecule has 5 heteroatoms. The minimum absolute atomic E-state index is 0.0935. The van der Waals surface area contributed by atoms with Crippen LogP contribution in [0.25, 0.3) is 45.1 Å². The van der Waals surface area contributed by atoms with E-state index in [1.54, 1.807) is 6.07 Å². The summed E-state index contributed by atoms with van der Waals surface area (Å²) in [6.07, 6.45) is 14.8. The van der Waals surface area contributed by atoms with Gasteiger partial charge in [0.1, 0.15) is 17.7 Å². The van der Waals surface area contributed by atoms with Crippen molar-refractivity contribution in [2.24, 2.45) is 0 Å². The number of phenols is 1. The van der Waals surface area contributed by atoms with E-state index in [1.807, 2.05) is 30.5 Å². The fourth-order valence-electron chi connectivity index (χ4n) is 7.06. The minimum atomic E-state index is -0.126. The Bertz CT molecular complexity index is 2270. The summed E-state index contributed by atoms with van der Waals surface area (Å²) in [6.45, 7) is 6.65. The molecule has 0 saturated heterocycles. The average molecular weight is 641 g/mol. The highest BCUT2D eigenvalue weighted by atomic mass is 16.3. The summed E-state index contributed by atoms with van der Waals surface area (Å²) in [5.41, 5.74) is 10.8. The minimum Gasteiger partial charge on any atom is -0.507 e. The molecule has 8 rings (SSSR count). The SMILES string of the molecule is CC(C)(C)c1cc(-c2cccc(N(c3ccc(-n4c5c(c6ccccc64)CCC=C5)cc3)C3C=CC=CN3)n2)cc(-c2ccccc2O)c1. The van der Waals surface area contributed by atoms with E-state index in [4.69, 9.17) is 4.98 Å². The number of pyridine rings is 1. The Morgan fingerprint density at radius 2 is 1.63 bits per heavy atom. The summed E-state index contributed by atoms with van der Waals surface area (Å²) in [7, 11) is 0. The molecule has 49 heavy (non-hydrogen) atoms. The summed E-state index contributed by atoms with van der Waals surface area (Å²) in [4.78, 5) is 7.54. The van der Waals surface area contributed by atoms with E-state index in [2.05, 4.69) is 145 Å². The van der Waals surface area contributed by atoms with Gasteiger partial charge in [-0.1, -0.05) is 81.5 Å². The summed E-state index contributed by atoms with van der Waals surface area (Å²) in [5, 5.41) is 15.6. The molecule has 0 amide bonds. The molecule has 2 aromatic heterocycles. The highest BCUT2D eigenvalue weighted by molar-refractivity contribution is 5.91. The number of fused-ring (bicyclic) bond motifs is 3. The van der Waals surface area contributed by atoms with E-state index in [1.165, 1.54) is 27.7 Å². The third kappa shape index (κ3) is 5.72. The fourth-order valence-corrected chi connectivity index (χ4v) is 7.06. The van der Waals surface area contributed by atoms with Crippen LogP contribution in [0.5, 0.6) is 5.75 Å². The Balaban J connectivity index is 1.22. The Hall–Kier alpha value is -5.81. The third-order valence-electron chi connectivity index (χ3n) is 9.58. The van der Waals surface area contributed by atoms with Gasteiger partial charge in [0.05, 0.1) is 11.2 Å². The van der Waals surface area contributed by atoms with E-state index in [9.17, 15) is 5.11 Å². The normalized spacial score (nSPS) is 15.3. The summed E-state index contributed by atoms with van der Waals surface area (Å²) in [6, 6.07) is 37.8. The van der Waals surface area contributed by atoms with Crippen LogP contribution in [-0.4, -0.2) is 20.8 Å². The van der Waals surface area contributed by atoms with E-state index < -0.39 is 0 Å². The molecule has 6 aromatic rings. The molecule has 1 aliphatic heterocycles. The van der Waals surface area contributed by atoms with Crippen molar-refractivity contribution in [3.05, 3.63) is 157 Å². The molecule has 242 valence electrons. The monoisotopic (exact) mass is 640 g/mol. The lowest BCUT2D eigenvalue weighted by atomic mass is 9.83. The van der Waals surface area contributed by atoms with E-state index in [-0.39, 0.29) is 17.3 Å². The zero-order chi connectivity index (χ0) is 33.5. The lowest BCUT2D eigenvalue weighted by Gasteiger charge is -2.32. The second-order valence-corrected chi connectivity index (χ2v) is 13.8. The molecule has 0 spiro atoms. The number of nitrogens with zero attached hydrogens (tertiary/aromatic N) is 3. The number of aromatic nitrogens is 2. The number of hydrogen-bond donors (Lipinski definition) is 2. The molecule has 2 N–H and O–H groups in total. The highest BCUT2D eigenvalue weighted by Crippen LogP contribution is 2.38. The first-order valence-electron chi connectivity index (χ1n) is 17.0. The number of hydrogen-bond acceptors (Lipinski definition) is 4. The van der Waals surface area contributed by atoms with Crippen LogP contribution in [0.15, 0.2) is 140 Å². The van der Waals surface area contributed by atoms with Crippen LogP contribution in [0.2, 0.25) is 0 Å². The number of rotatable bonds is 6. The van der Waals surface area contributed by atoms with Crippen molar-refractivity contribution in [2.75, 3.05) is 4.90 Å². The smallest absolute Gasteiger partial charge is 0.135 e. The fraction of sp³-hybridized carbons (Fsp3) is 0.159. The maximum absolute atomic E-state index is 10.8. The number of aryl methyl sites for hydroxylation is 1. The molecule has 5 nitrogen and oxygen atoms in total. The van der Waals surface area contributed by atoms with Crippen molar-refractivity contribution in [2.45, 2.75) is 45.2 Å². The van der Waals surface area contributed by atoms with Crippen molar-refractivity contribution >= 4 is 28.5 Å². The van der Waals surface area contributed by atoms with Gasteiger partial charge in [-0.3, -0.25) is 0 Å². The maximum Gasteiger partial charge on any atom is 0.135 e. The van der Waals surface area contributed by atoms with Gasteiger partial charge in [0.2, 0.25) is 0 Å². The van der Waals surface area contributed by atoms with Crippen molar-refractivity contribution < 1.29 is 5.11 Å². The number of phenolic OH excluding ortho intramolecular Hbond substituents is 1. The summed E-state index contributed by atoms with van der Waals surface area (Å²) >= 11 is 0. The standard InChI is InChI=1S/C44H40N4O/c1-44(2,3)32-28-30(35-13-6-9-19-41(35)49)27-31(29-32)38-16-12-21-43(46-38)48(42-20-10-11-26-45-42)34-24-22-33(23-25-34)47-39-17-7-4-14-36(39)37-15-5-8-18-40(37)47/h4,6-14,16-29,42,45,49H,5,15H2,1-3H3. The number of nitrogens with one attached hydrogen (secondary N) is 1. The number of allylic oxidation sites excluding steroid dienone is 3. The van der Waals surface area contributed by atoms with E-state index in [0.717, 1.165) is 52.4 Å². The molecule has 4 aromatic carbocycles. The second-order valence-electron chi connectivity index (χ2n) is 13.8. The predicted octanol–water partition coefficient (Wildman–Crippen LogP) is 10.5. The highest BCUT2D eigenvalue weighted by Gasteiger charge is 2.23.